The fraction of sp³-hybridized carbons (Fsp3) is 0.500. The van der Waals surface area contributed by atoms with Gasteiger partial charge in [0.25, 0.3) is 0 Å². The monoisotopic (exact) mass is 184 g/mol. The summed E-state index contributed by atoms with van der Waals surface area (Å²) in [5, 5.41) is 9.62. The van der Waals surface area contributed by atoms with Gasteiger partial charge in [-0.25, -0.2) is 9.97 Å². The molecule has 0 fully saturated rings. The van der Waals surface area contributed by atoms with E-state index < -0.39 is 0 Å². The van der Waals surface area contributed by atoms with Gasteiger partial charge in [0.15, 0.2) is 10.9 Å². The minimum absolute atomic E-state index is 0.105. The van der Waals surface area contributed by atoms with E-state index in [1.807, 2.05) is 0 Å². The molecule has 0 atom stereocenters. The Morgan fingerprint density at radius 3 is 2.17 bits per heavy atom. The lowest BCUT2D eigenvalue weighted by Crippen LogP contribution is -2.07. The van der Waals surface area contributed by atoms with Crippen molar-refractivity contribution < 1.29 is 5.11 Å². The molecule has 66 valence electrons. The van der Waals surface area contributed by atoms with Gasteiger partial charge in [-0.05, 0) is 0 Å². The van der Waals surface area contributed by atoms with Gasteiger partial charge in [0.1, 0.15) is 0 Å². The van der Waals surface area contributed by atoms with Gasteiger partial charge in [0.05, 0.1) is 12.4 Å². The first-order valence-electron chi connectivity index (χ1n) is 3.67. The number of hydrogen-bond acceptors (Lipinski definition) is 4. The molecular formula is C8H12N2OS. The van der Waals surface area contributed by atoms with Crippen LogP contribution in [0.25, 0.3) is 0 Å². The van der Waals surface area contributed by atoms with Gasteiger partial charge >= 0.3 is 0 Å². The molecule has 0 spiro atoms. The first-order valence-corrected chi connectivity index (χ1v) is 4.49. The molecule has 0 saturated heterocycles. The van der Waals surface area contributed by atoms with Gasteiger partial charge < -0.3 is 5.11 Å². The van der Waals surface area contributed by atoms with Crippen molar-refractivity contribution in [2.45, 2.75) is 30.7 Å². The SMILES string of the molecule is CC(C)(C)Sc1ncc(O)cn1. The molecule has 0 saturated carbocycles. The van der Waals surface area contributed by atoms with E-state index in [1.54, 1.807) is 11.8 Å². The van der Waals surface area contributed by atoms with Crippen molar-refractivity contribution in [3.63, 3.8) is 0 Å². The Balaban J connectivity index is 2.71. The number of nitrogens with zero attached hydrogens (tertiary/aromatic N) is 2. The van der Waals surface area contributed by atoms with E-state index in [0.29, 0.717) is 5.16 Å². The van der Waals surface area contributed by atoms with E-state index in [0.717, 1.165) is 0 Å². The molecule has 0 aliphatic rings. The highest BCUT2D eigenvalue weighted by Gasteiger charge is 2.13. The van der Waals surface area contributed by atoms with Gasteiger partial charge in [0, 0.05) is 4.75 Å². The highest BCUT2D eigenvalue weighted by atomic mass is 32.2. The summed E-state index contributed by atoms with van der Waals surface area (Å²) in [6, 6.07) is 0. The van der Waals surface area contributed by atoms with Gasteiger partial charge in [-0.1, -0.05) is 32.5 Å². The molecule has 12 heavy (non-hydrogen) atoms. The smallest absolute Gasteiger partial charge is 0.188 e. The molecule has 0 aliphatic heterocycles. The molecule has 0 bridgehead atoms. The zero-order valence-electron chi connectivity index (χ0n) is 7.40. The van der Waals surface area contributed by atoms with Crippen LogP contribution in [0.4, 0.5) is 0 Å². The van der Waals surface area contributed by atoms with Crippen LogP contribution in [0.5, 0.6) is 5.75 Å². The van der Waals surface area contributed by atoms with Gasteiger partial charge in [-0.3, -0.25) is 0 Å². The molecule has 1 aromatic rings. The maximum absolute atomic E-state index is 8.92. The maximum Gasteiger partial charge on any atom is 0.188 e. The second-order valence-corrected chi connectivity index (χ2v) is 5.23. The molecule has 1 aromatic heterocycles. The van der Waals surface area contributed by atoms with Crippen LogP contribution in [0.2, 0.25) is 0 Å². The van der Waals surface area contributed by atoms with Crippen LogP contribution in [0.1, 0.15) is 20.8 Å². The average Bonchev–Trinajstić information content (AvgIpc) is 1.91. The van der Waals surface area contributed by atoms with Crippen LogP contribution >= 0.6 is 11.8 Å². The Hall–Kier alpha value is -0.770. The first-order chi connectivity index (χ1) is 5.47. The van der Waals surface area contributed by atoms with Crippen LogP contribution in [-0.4, -0.2) is 19.8 Å². The second kappa shape index (κ2) is 3.31. The van der Waals surface area contributed by atoms with Gasteiger partial charge in [-0.15, -0.1) is 0 Å². The molecule has 0 radical (unpaired) electrons. The normalized spacial score (nSPS) is 11.6. The number of aromatic hydroxyl groups is 1. The Labute approximate surface area is 76.2 Å². The summed E-state index contributed by atoms with van der Waals surface area (Å²) in [4.78, 5) is 7.93. The highest BCUT2D eigenvalue weighted by Crippen LogP contribution is 2.28. The lowest BCUT2D eigenvalue weighted by atomic mass is 10.3. The fourth-order valence-corrected chi connectivity index (χ4v) is 1.39. The van der Waals surface area contributed by atoms with Crippen LogP contribution in [0.3, 0.4) is 0 Å². The lowest BCUT2D eigenvalue weighted by molar-refractivity contribution is 0.467. The summed E-state index contributed by atoms with van der Waals surface area (Å²) in [6.45, 7) is 6.27. The zero-order valence-corrected chi connectivity index (χ0v) is 8.22. The van der Waals surface area contributed by atoms with Crippen LogP contribution in [-0.2, 0) is 0 Å². The third kappa shape index (κ3) is 3.09. The van der Waals surface area contributed by atoms with Crippen molar-refractivity contribution in [2.75, 3.05) is 0 Å². The topological polar surface area (TPSA) is 46.0 Å². The Morgan fingerprint density at radius 1 is 1.25 bits per heavy atom. The van der Waals surface area contributed by atoms with Crippen molar-refractivity contribution >= 4 is 11.8 Å². The molecular weight excluding hydrogens is 172 g/mol. The molecule has 3 nitrogen and oxygen atoms in total. The number of thioether (sulfide) groups is 1. The molecule has 0 aliphatic carbocycles. The van der Waals surface area contributed by atoms with E-state index in [9.17, 15) is 0 Å². The standard InChI is InChI=1S/C8H12N2OS/c1-8(2,3)12-7-9-4-6(11)5-10-7/h4-5,11H,1-3H3. The van der Waals surface area contributed by atoms with Crippen molar-refractivity contribution in [3.8, 4) is 5.75 Å². The van der Waals surface area contributed by atoms with Crippen LogP contribution in [0, 0.1) is 0 Å². The number of rotatable bonds is 1. The summed E-state index contributed by atoms with van der Waals surface area (Å²) < 4.78 is 0.108. The molecule has 0 amide bonds. The Morgan fingerprint density at radius 2 is 1.75 bits per heavy atom. The Kier molecular flexibility index (Phi) is 2.57. The Bertz CT molecular complexity index is 253. The summed E-state index contributed by atoms with van der Waals surface area (Å²) >= 11 is 1.58. The van der Waals surface area contributed by atoms with Gasteiger partial charge in [-0.2, -0.15) is 0 Å². The zero-order chi connectivity index (χ0) is 9.19. The molecule has 1 rings (SSSR count). The quantitative estimate of drug-likeness (QED) is 0.536. The summed E-state index contributed by atoms with van der Waals surface area (Å²) in [5.74, 6) is 0.105. The summed E-state index contributed by atoms with van der Waals surface area (Å²) in [5.41, 5.74) is 0. The van der Waals surface area contributed by atoms with Crippen molar-refractivity contribution in [2.24, 2.45) is 0 Å². The summed E-state index contributed by atoms with van der Waals surface area (Å²) in [7, 11) is 0. The summed E-state index contributed by atoms with van der Waals surface area (Å²) in [6.07, 6.45) is 2.81. The van der Waals surface area contributed by atoms with E-state index in [2.05, 4.69) is 30.7 Å². The van der Waals surface area contributed by atoms with Crippen LogP contribution < -0.4 is 0 Å². The lowest BCUT2D eigenvalue weighted by Gasteiger charge is -2.15. The fourth-order valence-electron chi connectivity index (χ4n) is 0.636. The van der Waals surface area contributed by atoms with Crippen molar-refractivity contribution in [1.29, 1.82) is 0 Å². The average molecular weight is 184 g/mol. The molecule has 1 N–H and O–H groups in total. The molecule has 0 unspecified atom stereocenters. The maximum atomic E-state index is 8.92. The predicted octanol–water partition coefficient (Wildman–Crippen LogP) is 2.07. The van der Waals surface area contributed by atoms with Crippen molar-refractivity contribution in [1.82, 2.24) is 9.97 Å². The number of aromatic nitrogens is 2. The third-order valence-corrected chi connectivity index (χ3v) is 2.02. The molecule has 4 heteroatoms. The molecule has 0 aromatic carbocycles. The first kappa shape index (κ1) is 9.32. The van der Waals surface area contributed by atoms with E-state index >= 15 is 0 Å². The minimum Gasteiger partial charge on any atom is -0.505 e. The van der Waals surface area contributed by atoms with Crippen LogP contribution in [0.15, 0.2) is 17.6 Å². The number of hydrogen-bond donors (Lipinski definition) is 1. The van der Waals surface area contributed by atoms with E-state index in [1.165, 1.54) is 12.4 Å². The highest BCUT2D eigenvalue weighted by molar-refractivity contribution is 8.00. The minimum atomic E-state index is 0.105. The van der Waals surface area contributed by atoms with E-state index in [-0.39, 0.29) is 10.5 Å². The second-order valence-electron chi connectivity index (χ2n) is 3.44. The van der Waals surface area contributed by atoms with Crippen molar-refractivity contribution in [3.05, 3.63) is 12.4 Å². The van der Waals surface area contributed by atoms with Gasteiger partial charge in [0.2, 0.25) is 0 Å². The predicted molar refractivity (Wildman–Crippen MR) is 49.3 cm³/mol. The largest absolute Gasteiger partial charge is 0.505 e. The van der Waals surface area contributed by atoms with E-state index in [4.69, 9.17) is 5.11 Å². The molecule has 1 heterocycles. The third-order valence-electron chi connectivity index (χ3n) is 1.01.